The molecule has 11 atom stereocenters. The van der Waals surface area contributed by atoms with Gasteiger partial charge in [-0.3, -0.25) is 57.7 Å². The molecule has 0 aromatic heterocycles. The van der Waals surface area contributed by atoms with Gasteiger partial charge in [0, 0.05) is 39.4 Å². The first-order valence-electron chi connectivity index (χ1n) is 30.7. The number of unbranched alkanes of at least 4 members (excludes halogenated alkanes) is 4. The fourth-order valence-corrected chi connectivity index (χ4v) is 10.1. The number of aliphatic carboxylic acids is 1. The number of hydrogen-bond acceptors (Lipinski definition) is 13. The molecule has 1 fully saturated rings. The van der Waals surface area contributed by atoms with E-state index >= 15 is 0 Å². The van der Waals surface area contributed by atoms with Gasteiger partial charge < -0.3 is 74.4 Å². The molecule has 1 aliphatic heterocycles. The number of primary amides is 1. The number of aliphatic hydroxyl groups excluding tert-OH is 1. The van der Waals surface area contributed by atoms with Crippen molar-refractivity contribution in [1.29, 1.82) is 0 Å². The second-order valence-corrected chi connectivity index (χ2v) is 25.2. The van der Waals surface area contributed by atoms with E-state index in [1.807, 2.05) is 27.7 Å². The van der Waals surface area contributed by atoms with Crippen molar-refractivity contribution in [2.75, 3.05) is 20.1 Å². The summed E-state index contributed by atoms with van der Waals surface area (Å²) in [5.74, 6) is -10.1. The number of likely N-dealkylation sites (N-methyl/N-ethyl adjacent to an activating group) is 1. The first-order chi connectivity index (χ1) is 40.7. The molecule has 0 bridgehead atoms. The predicted octanol–water partition coefficient (Wildman–Crippen LogP) is 1.38. The lowest BCUT2D eigenvalue weighted by molar-refractivity contribution is -0.149. The Hall–Kier alpha value is -7.38. The van der Waals surface area contributed by atoms with E-state index in [0.29, 0.717) is 18.4 Å². The molecule has 26 heteroatoms. The predicted molar refractivity (Wildman–Crippen MR) is 329 cm³/mol. The molecule has 1 aromatic rings. The molecular weight excluding hydrogens is 1120 g/mol. The van der Waals surface area contributed by atoms with Gasteiger partial charge in [-0.25, -0.2) is 0 Å². The molecule has 0 unspecified atom stereocenters. The van der Waals surface area contributed by atoms with Gasteiger partial charge >= 0.3 is 5.97 Å². The summed E-state index contributed by atoms with van der Waals surface area (Å²) in [6.45, 7) is 19.4. The van der Waals surface area contributed by atoms with Gasteiger partial charge in [0.2, 0.25) is 59.1 Å². The topological polar surface area (TPSA) is 409 Å². The van der Waals surface area contributed by atoms with Crippen LogP contribution in [-0.4, -0.2) is 172 Å². The van der Waals surface area contributed by atoms with Crippen molar-refractivity contribution in [2.24, 2.45) is 45.4 Å². The largest absolute Gasteiger partial charge is 0.481 e. The van der Waals surface area contributed by atoms with Crippen LogP contribution in [0.1, 0.15) is 172 Å². The van der Waals surface area contributed by atoms with Gasteiger partial charge in [0.25, 0.3) is 0 Å². The zero-order valence-electron chi connectivity index (χ0n) is 53.4. The van der Waals surface area contributed by atoms with E-state index in [-0.39, 0.29) is 88.2 Å². The summed E-state index contributed by atoms with van der Waals surface area (Å²) in [4.78, 5) is 158. The van der Waals surface area contributed by atoms with Crippen LogP contribution in [0.5, 0.6) is 0 Å². The number of nitrogens with two attached hydrogens (primary N) is 3. The molecule has 0 saturated carbocycles. The first-order valence-corrected chi connectivity index (χ1v) is 30.7. The van der Waals surface area contributed by atoms with Gasteiger partial charge in [0.05, 0.1) is 12.5 Å². The molecule has 1 aromatic carbocycles. The Balaban J connectivity index is 2.50. The highest BCUT2D eigenvalue weighted by atomic mass is 16.4. The summed E-state index contributed by atoms with van der Waals surface area (Å²) in [6, 6.07) is -2.98. The number of aliphatic hydroxyl groups is 1. The van der Waals surface area contributed by atoms with Crippen molar-refractivity contribution in [3.05, 3.63) is 35.9 Å². The van der Waals surface area contributed by atoms with Crippen molar-refractivity contribution in [3.63, 3.8) is 0 Å². The number of hydrogen-bond donors (Lipinski definition) is 12. The van der Waals surface area contributed by atoms with Crippen LogP contribution in [0, 0.1) is 23.2 Å². The van der Waals surface area contributed by atoms with Gasteiger partial charge in [-0.2, -0.15) is 0 Å². The minimum absolute atomic E-state index is 0.0304. The number of carboxylic acid groups (broad SMARTS) is 1. The number of rotatable bonds is 38. The van der Waals surface area contributed by atoms with Crippen LogP contribution in [0.4, 0.5) is 0 Å². The van der Waals surface area contributed by atoms with Crippen LogP contribution in [-0.2, 0) is 59.2 Å². The average molecular weight is 1230 g/mol. The molecule has 490 valence electrons. The average Bonchev–Trinajstić information content (AvgIpc) is 2.96. The molecule has 10 amide bonds. The lowest BCUT2D eigenvalue weighted by Gasteiger charge is -2.37. The molecule has 87 heavy (non-hydrogen) atoms. The number of guanidine groups is 1. The third-order valence-corrected chi connectivity index (χ3v) is 15.0. The smallest absolute Gasteiger partial charge is 0.305 e. The number of aliphatic imine (C=N–C) groups is 1. The van der Waals surface area contributed by atoms with Gasteiger partial charge in [0.15, 0.2) is 5.96 Å². The SMILES string of the molecule is CCCCCCCC(=O)N[C@H](C)C(=O)N[C@@H](Cc1ccccc1)C(=O)N[C@H](CC(C)C)C(=O)N[C@@H](CC(C)C)C(=O)N1C[C@H](O)C[C@H]1C(=O)N(C)[C@H](CC(C)(C)C)C(=O)N[C@@H](CC(=O)O)C(=O)N[C@@H](CCCN=C(N)N)C(=O)N[C@H](C(N)=O)[C@@H](C)CC. The van der Waals surface area contributed by atoms with Gasteiger partial charge in [-0.05, 0) is 74.2 Å². The highest BCUT2D eigenvalue weighted by Gasteiger charge is 2.46. The van der Waals surface area contributed by atoms with E-state index in [9.17, 15) is 63.0 Å². The van der Waals surface area contributed by atoms with Crippen molar-refractivity contribution < 1.29 is 63.0 Å². The van der Waals surface area contributed by atoms with Crippen molar-refractivity contribution in [3.8, 4) is 0 Å². The van der Waals surface area contributed by atoms with Crippen LogP contribution in [0.2, 0.25) is 0 Å². The number of β-amino-alcohol motifs (C(OH)–C–C–N with tert-alkyl or cyclic N) is 1. The lowest BCUT2D eigenvalue weighted by Crippen LogP contribution is -2.61. The number of carbonyl (C=O) groups excluding carboxylic acids is 10. The summed E-state index contributed by atoms with van der Waals surface area (Å²) >= 11 is 0. The first kappa shape index (κ1) is 75.7. The maximum atomic E-state index is 14.9. The van der Waals surface area contributed by atoms with Gasteiger partial charge in [-0.15, -0.1) is 0 Å². The van der Waals surface area contributed by atoms with E-state index in [1.54, 1.807) is 65.0 Å². The Morgan fingerprint density at radius 1 is 0.678 bits per heavy atom. The number of carboxylic acids is 1. The zero-order chi connectivity index (χ0) is 65.9. The van der Waals surface area contributed by atoms with E-state index in [2.05, 4.69) is 49.1 Å². The van der Waals surface area contributed by atoms with E-state index in [4.69, 9.17) is 17.2 Å². The Morgan fingerprint density at radius 2 is 1.22 bits per heavy atom. The third-order valence-electron chi connectivity index (χ3n) is 15.0. The summed E-state index contributed by atoms with van der Waals surface area (Å²) in [5, 5.41) is 39.8. The lowest BCUT2D eigenvalue weighted by atomic mass is 9.86. The highest BCUT2D eigenvalue weighted by Crippen LogP contribution is 2.28. The van der Waals surface area contributed by atoms with E-state index in [0.717, 1.165) is 35.5 Å². The fourth-order valence-electron chi connectivity index (χ4n) is 10.1. The minimum atomic E-state index is -1.82. The Labute approximate surface area is 513 Å². The standard InChI is InChI=1S/C61H103N13O13/c1-13-15-16-17-21-26-48(76)66-38(8)52(80)68-43(30-39-23-19-18-20-24-39)55(83)69-42(28-35(3)4)54(82)71-45(29-36(5)6)58(86)74-34-40(75)31-46(74)59(87)73(12)47(33-61(9,10)11)57(85)70-44(32-49(77)78)56(84)67-41(25-22-27-65-60(63)64)53(81)72-50(51(62)79)37(7)14-2/h18-20,23-24,35-38,40-47,50,75H,13-17,21-22,25-34H2,1-12H3,(H2,62,79)(H,66,76)(H,67,84)(H,68,80)(H,69,83)(H,70,85)(H,71,82)(H,72,81)(H,77,78)(H4,63,64,65)/t37-,38+,40+,41-,42+,43-,44-,45-,46-,47+,50-/m0/s1. The molecule has 1 saturated heterocycles. The summed E-state index contributed by atoms with van der Waals surface area (Å²) in [6.07, 6.45) is 3.06. The second-order valence-electron chi connectivity index (χ2n) is 25.2. The molecule has 2 rings (SSSR count). The second kappa shape index (κ2) is 37.3. The maximum Gasteiger partial charge on any atom is 0.305 e. The van der Waals surface area contributed by atoms with E-state index in [1.165, 1.54) is 14.0 Å². The van der Waals surface area contributed by atoms with E-state index < -0.39 is 137 Å². The normalized spacial score (nSPS) is 17.2. The Bertz CT molecular complexity index is 2490. The van der Waals surface area contributed by atoms with Crippen LogP contribution in [0.3, 0.4) is 0 Å². The molecule has 26 nitrogen and oxygen atoms in total. The van der Waals surface area contributed by atoms with Crippen LogP contribution >= 0.6 is 0 Å². The monoisotopic (exact) mass is 1230 g/mol. The summed E-state index contributed by atoms with van der Waals surface area (Å²) in [5.41, 5.74) is 16.5. The van der Waals surface area contributed by atoms with Gasteiger partial charge in [-0.1, -0.05) is 132 Å². The van der Waals surface area contributed by atoms with Crippen molar-refractivity contribution >= 4 is 71.0 Å². The van der Waals surface area contributed by atoms with Crippen LogP contribution in [0.25, 0.3) is 0 Å². The zero-order valence-corrected chi connectivity index (χ0v) is 53.4. The summed E-state index contributed by atoms with van der Waals surface area (Å²) in [7, 11) is 1.30. The highest BCUT2D eigenvalue weighted by molar-refractivity contribution is 5.99. The molecular formula is C61H103N13O13. The maximum absolute atomic E-state index is 14.9. The van der Waals surface area contributed by atoms with Crippen LogP contribution in [0.15, 0.2) is 35.3 Å². The summed E-state index contributed by atoms with van der Waals surface area (Å²) < 4.78 is 0. The molecule has 1 aliphatic rings. The van der Waals surface area contributed by atoms with Crippen molar-refractivity contribution in [2.45, 2.75) is 233 Å². The Morgan fingerprint density at radius 3 is 1.78 bits per heavy atom. The third kappa shape index (κ3) is 27.5. The molecule has 0 aliphatic carbocycles. The number of likely N-dealkylation sites (tertiary alicyclic amines) is 1. The number of nitrogens with zero attached hydrogens (tertiary/aromatic N) is 3. The van der Waals surface area contributed by atoms with Gasteiger partial charge in [0.1, 0.15) is 54.4 Å². The van der Waals surface area contributed by atoms with Crippen LogP contribution < -0.4 is 54.4 Å². The molecule has 1 heterocycles. The number of nitrogens with one attached hydrogen (secondary N) is 7. The quantitative estimate of drug-likeness (QED) is 0.0253. The molecule has 0 radical (unpaired) electrons. The van der Waals surface area contributed by atoms with Crippen molar-refractivity contribution in [1.82, 2.24) is 47.0 Å². The molecule has 0 spiro atoms. The Kier molecular flexibility index (Phi) is 32.5. The number of amides is 10. The number of benzene rings is 1. The number of carbonyl (C=O) groups is 11. The minimum Gasteiger partial charge on any atom is -0.481 e. The molecule has 15 N–H and O–H groups in total. The fraction of sp³-hybridized carbons (Fsp3) is 0.705.